The summed E-state index contributed by atoms with van der Waals surface area (Å²) in [4.78, 5) is 10.5. The lowest BCUT2D eigenvalue weighted by atomic mass is 10.3. The summed E-state index contributed by atoms with van der Waals surface area (Å²) in [5.74, 6) is 0. The summed E-state index contributed by atoms with van der Waals surface area (Å²) >= 11 is 5.75. The van der Waals surface area contributed by atoms with Crippen molar-refractivity contribution in [2.45, 2.75) is 0 Å². The standard InChI is InChI=1S/C8H5ClN2O/c9-7-1-2-11-8(3-7)6(5-12)4-10-11/h1-5H. The maximum absolute atomic E-state index is 10.5. The summed E-state index contributed by atoms with van der Waals surface area (Å²) in [6.45, 7) is 0. The highest BCUT2D eigenvalue weighted by Gasteiger charge is 2.01. The van der Waals surface area contributed by atoms with Gasteiger partial charge in [-0.1, -0.05) is 11.6 Å². The van der Waals surface area contributed by atoms with Crippen LogP contribution in [-0.4, -0.2) is 15.9 Å². The number of hydrogen-bond donors (Lipinski definition) is 0. The molecule has 60 valence electrons. The third-order valence-electron chi connectivity index (χ3n) is 1.64. The molecule has 0 amide bonds. The monoisotopic (exact) mass is 180 g/mol. The molecule has 2 aromatic heterocycles. The van der Waals surface area contributed by atoms with Crippen LogP contribution in [0, 0.1) is 0 Å². The first-order chi connectivity index (χ1) is 5.81. The van der Waals surface area contributed by atoms with Crippen molar-refractivity contribution in [2.24, 2.45) is 0 Å². The van der Waals surface area contributed by atoms with Crippen LogP contribution in [0.2, 0.25) is 5.02 Å². The van der Waals surface area contributed by atoms with Gasteiger partial charge in [-0.25, -0.2) is 4.52 Å². The van der Waals surface area contributed by atoms with Gasteiger partial charge >= 0.3 is 0 Å². The molecule has 0 unspecified atom stereocenters. The van der Waals surface area contributed by atoms with Crippen LogP contribution in [-0.2, 0) is 0 Å². The van der Waals surface area contributed by atoms with Gasteiger partial charge in [-0.05, 0) is 12.1 Å². The SMILES string of the molecule is O=Cc1cnn2ccc(Cl)cc12. The molecule has 0 atom stereocenters. The topological polar surface area (TPSA) is 34.4 Å². The molecule has 0 aliphatic heterocycles. The number of aromatic nitrogens is 2. The predicted octanol–water partition coefficient (Wildman–Crippen LogP) is 1.80. The minimum Gasteiger partial charge on any atom is -0.298 e. The van der Waals surface area contributed by atoms with Gasteiger partial charge in [-0.15, -0.1) is 0 Å². The van der Waals surface area contributed by atoms with E-state index in [0.29, 0.717) is 10.6 Å². The zero-order chi connectivity index (χ0) is 8.55. The number of nitrogens with zero attached hydrogens (tertiary/aromatic N) is 2. The Labute approximate surface area is 73.6 Å². The number of pyridine rings is 1. The lowest BCUT2D eigenvalue weighted by molar-refractivity contribution is 0.112. The second-order valence-electron chi connectivity index (χ2n) is 2.39. The van der Waals surface area contributed by atoms with Gasteiger partial charge in [0, 0.05) is 11.2 Å². The highest BCUT2D eigenvalue weighted by molar-refractivity contribution is 6.31. The molecule has 0 saturated carbocycles. The van der Waals surface area contributed by atoms with Crippen molar-refractivity contribution in [3.05, 3.63) is 35.1 Å². The molecule has 0 saturated heterocycles. The molecule has 3 nitrogen and oxygen atoms in total. The van der Waals surface area contributed by atoms with Crippen LogP contribution in [0.1, 0.15) is 10.4 Å². The first-order valence-electron chi connectivity index (χ1n) is 3.39. The second kappa shape index (κ2) is 2.60. The van der Waals surface area contributed by atoms with E-state index in [-0.39, 0.29) is 0 Å². The van der Waals surface area contributed by atoms with E-state index < -0.39 is 0 Å². The Morgan fingerprint density at radius 1 is 1.58 bits per heavy atom. The highest BCUT2D eigenvalue weighted by Crippen LogP contribution is 2.14. The van der Waals surface area contributed by atoms with Gasteiger partial charge in [0.2, 0.25) is 0 Å². The normalized spacial score (nSPS) is 10.4. The average Bonchev–Trinajstić information content (AvgIpc) is 2.46. The van der Waals surface area contributed by atoms with Crippen LogP contribution >= 0.6 is 11.6 Å². The maximum atomic E-state index is 10.5. The largest absolute Gasteiger partial charge is 0.298 e. The molecule has 0 spiro atoms. The molecular weight excluding hydrogens is 176 g/mol. The van der Waals surface area contributed by atoms with E-state index in [0.717, 1.165) is 11.8 Å². The van der Waals surface area contributed by atoms with Crippen LogP contribution in [0.15, 0.2) is 24.5 Å². The summed E-state index contributed by atoms with van der Waals surface area (Å²) in [5.41, 5.74) is 1.29. The summed E-state index contributed by atoms with van der Waals surface area (Å²) < 4.78 is 1.61. The van der Waals surface area contributed by atoms with Crippen LogP contribution in [0.3, 0.4) is 0 Å². The summed E-state index contributed by atoms with van der Waals surface area (Å²) in [6, 6.07) is 3.43. The summed E-state index contributed by atoms with van der Waals surface area (Å²) in [7, 11) is 0. The highest BCUT2D eigenvalue weighted by atomic mass is 35.5. The van der Waals surface area contributed by atoms with Crippen LogP contribution in [0.4, 0.5) is 0 Å². The van der Waals surface area contributed by atoms with Gasteiger partial charge in [-0.3, -0.25) is 4.79 Å². The van der Waals surface area contributed by atoms with Gasteiger partial charge in [0.05, 0.1) is 17.3 Å². The number of hydrogen-bond acceptors (Lipinski definition) is 2. The molecule has 2 heterocycles. The van der Waals surface area contributed by atoms with Crippen molar-refractivity contribution in [1.82, 2.24) is 9.61 Å². The molecule has 0 bridgehead atoms. The van der Waals surface area contributed by atoms with Gasteiger partial charge in [-0.2, -0.15) is 5.10 Å². The molecule has 0 fully saturated rings. The van der Waals surface area contributed by atoms with E-state index in [2.05, 4.69) is 5.10 Å². The van der Waals surface area contributed by atoms with Gasteiger partial charge in [0.25, 0.3) is 0 Å². The molecule has 0 aliphatic carbocycles. The molecule has 0 radical (unpaired) electrons. The first kappa shape index (κ1) is 7.31. The summed E-state index contributed by atoms with van der Waals surface area (Å²) in [5, 5.41) is 4.56. The Morgan fingerprint density at radius 3 is 3.17 bits per heavy atom. The third kappa shape index (κ3) is 0.987. The van der Waals surface area contributed by atoms with E-state index in [1.54, 1.807) is 22.8 Å². The molecule has 4 heteroatoms. The molecular formula is C8H5ClN2O. The molecule has 0 aromatic carbocycles. The van der Waals surface area contributed by atoms with Crippen molar-refractivity contribution < 1.29 is 4.79 Å². The van der Waals surface area contributed by atoms with Gasteiger partial charge < -0.3 is 0 Å². The zero-order valence-electron chi connectivity index (χ0n) is 6.07. The molecule has 2 aromatic rings. The second-order valence-corrected chi connectivity index (χ2v) is 2.83. The van der Waals surface area contributed by atoms with Crippen molar-refractivity contribution in [1.29, 1.82) is 0 Å². The molecule has 12 heavy (non-hydrogen) atoms. The lowest BCUT2D eigenvalue weighted by Gasteiger charge is -1.92. The smallest absolute Gasteiger partial charge is 0.153 e. The van der Waals surface area contributed by atoms with Gasteiger partial charge in [0.15, 0.2) is 6.29 Å². The quantitative estimate of drug-likeness (QED) is 0.628. The fraction of sp³-hybridized carbons (Fsp3) is 0. The predicted molar refractivity (Wildman–Crippen MR) is 45.6 cm³/mol. The average molecular weight is 181 g/mol. The number of carbonyl (C=O) groups excluding carboxylic acids is 1. The van der Waals surface area contributed by atoms with Crippen molar-refractivity contribution >= 4 is 23.4 Å². The Hall–Kier alpha value is -1.35. The Kier molecular flexibility index (Phi) is 1.59. The Morgan fingerprint density at radius 2 is 2.42 bits per heavy atom. The van der Waals surface area contributed by atoms with Crippen molar-refractivity contribution in [3.63, 3.8) is 0 Å². The number of aldehydes is 1. The Bertz CT molecular complexity index is 436. The van der Waals surface area contributed by atoms with Crippen LogP contribution < -0.4 is 0 Å². The molecule has 0 N–H and O–H groups in total. The van der Waals surface area contributed by atoms with Gasteiger partial charge in [0.1, 0.15) is 0 Å². The zero-order valence-corrected chi connectivity index (χ0v) is 6.82. The van der Waals surface area contributed by atoms with E-state index in [9.17, 15) is 4.79 Å². The van der Waals surface area contributed by atoms with Crippen molar-refractivity contribution in [3.8, 4) is 0 Å². The molecule has 2 rings (SSSR count). The molecule has 0 aliphatic rings. The third-order valence-corrected chi connectivity index (χ3v) is 1.88. The number of carbonyl (C=O) groups is 1. The van der Waals surface area contributed by atoms with E-state index in [1.165, 1.54) is 6.20 Å². The minimum absolute atomic E-state index is 0.553. The number of fused-ring (bicyclic) bond motifs is 1. The summed E-state index contributed by atoms with van der Waals surface area (Å²) in [6.07, 6.45) is 3.99. The minimum atomic E-state index is 0.553. The Balaban J connectivity index is 2.83. The number of rotatable bonds is 1. The van der Waals surface area contributed by atoms with E-state index >= 15 is 0 Å². The fourth-order valence-corrected chi connectivity index (χ4v) is 1.22. The van der Waals surface area contributed by atoms with Crippen LogP contribution in [0.25, 0.3) is 5.52 Å². The van der Waals surface area contributed by atoms with Crippen LogP contribution in [0.5, 0.6) is 0 Å². The van der Waals surface area contributed by atoms with E-state index in [1.807, 2.05) is 0 Å². The van der Waals surface area contributed by atoms with Crippen molar-refractivity contribution in [2.75, 3.05) is 0 Å². The lowest BCUT2D eigenvalue weighted by Crippen LogP contribution is -1.85. The van der Waals surface area contributed by atoms with E-state index in [4.69, 9.17) is 11.6 Å². The number of halogens is 1. The fourth-order valence-electron chi connectivity index (χ4n) is 1.06. The first-order valence-corrected chi connectivity index (χ1v) is 3.77. The maximum Gasteiger partial charge on any atom is 0.153 e.